The molecule has 0 aliphatic carbocycles. The molecule has 0 fully saturated rings. The number of nitrogens with one attached hydrogen (secondary N) is 1. The van der Waals surface area contributed by atoms with Crippen molar-refractivity contribution in [2.45, 2.75) is 11.8 Å². The Balaban J connectivity index is 0.00000180. The average molecular weight is 299 g/mol. The van der Waals surface area contributed by atoms with Crippen molar-refractivity contribution in [2.24, 2.45) is 0 Å². The SMILES string of the molecule is Cc1ccc(S(=O)(=O)Nc2ccccc2)cc1N.Cl. The molecule has 0 heterocycles. The molecule has 0 saturated carbocycles. The highest BCUT2D eigenvalue weighted by atomic mass is 35.5. The van der Waals surface area contributed by atoms with E-state index in [0.717, 1.165) is 5.56 Å². The van der Waals surface area contributed by atoms with Crippen LogP contribution in [0.4, 0.5) is 11.4 Å². The number of rotatable bonds is 3. The van der Waals surface area contributed by atoms with Crippen LogP contribution in [0.2, 0.25) is 0 Å². The Morgan fingerprint density at radius 3 is 2.26 bits per heavy atom. The topological polar surface area (TPSA) is 72.2 Å². The van der Waals surface area contributed by atoms with Gasteiger partial charge in [-0.1, -0.05) is 24.3 Å². The molecule has 2 aromatic carbocycles. The molecule has 3 N–H and O–H groups in total. The Kier molecular flexibility index (Phi) is 4.80. The van der Waals surface area contributed by atoms with Crippen molar-refractivity contribution in [1.82, 2.24) is 0 Å². The van der Waals surface area contributed by atoms with Gasteiger partial charge in [0.05, 0.1) is 4.90 Å². The molecule has 0 aliphatic rings. The highest BCUT2D eigenvalue weighted by molar-refractivity contribution is 7.92. The highest BCUT2D eigenvalue weighted by Gasteiger charge is 2.14. The summed E-state index contributed by atoms with van der Waals surface area (Å²) in [4.78, 5) is 0.162. The second-order valence-corrected chi connectivity index (χ2v) is 5.67. The van der Waals surface area contributed by atoms with Crippen LogP contribution in [0.5, 0.6) is 0 Å². The van der Waals surface area contributed by atoms with Crippen molar-refractivity contribution in [3.8, 4) is 0 Å². The van der Waals surface area contributed by atoms with Crippen LogP contribution in [0.3, 0.4) is 0 Å². The predicted molar refractivity (Wildman–Crippen MR) is 80.1 cm³/mol. The molecule has 0 bridgehead atoms. The number of benzene rings is 2. The molecule has 4 nitrogen and oxygen atoms in total. The average Bonchev–Trinajstić information content (AvgIpc) is 2.33. The van der Waals surface area contributed by atoms with Crippen LogP contribution in [0, 0.1) is 6.92 Å². The molecule has 19 heavy (non-hydrogen) atoms. The van der Waals surface area contributed by atoms with E-state index in [1.807, 2.05) is 13.0 Å². The third kappa shape index (κ3) is 3.62. The Morgan fingerprint density at radius 2 is 1.68 bits per heavy atom. The first-order chi connectivity index (χ1) is 8.49. The van der Waals surface area contributed by atoms with Gasteiger partial charge in [0.1, 0.15) is 0 Å². The smallest absolute Gasteiger partial charge is 0.261 e. The summed E-state index contributed by atoms with van der Waals surface area (Å²) < 4.78 is 26.7. The van der Waals surface area contributed by atoms with Gasteiger partial charge in [-0.05, 0) is 36.8 Å². The predicted octanol–water partition coefficient (Wildman–Crippen LogP) is 2.80. The van der Waals surface area contributed by atoms with Crippen molar-refractivity contribution in [1.29, 1.82) is 0 Å². The van der Waals surface area contributed by atoms with Crippen LogP contribution < -0.4 is 10.5 Å². The van der Waals surface area contributed by atoms with Crippen molar-refractivity contribution in [2.75, 3.05) is 10.5 Å². The lowest BCUT2D eigenvalue weighted by Crippen LogP contribution is -2.13. The van der Waals surface area contributed by atoms with Gasteiger partial charge in [-0.15, -0.1) is 12.4 Å². The lowest BCUT2D eigenvalue weighted by atomic mass is 10.2. The maximum Gasteiger partial charge on any atom is 0.261 e. The minimum absolute atomic E-state index is 0. The van der Waals surface area contributed by atoms with Gasteiger partial charge in [-0.2, -0.15) is 0 Å². The Labute approximate surface area is 119 Å². The van der Waals surface area contributed by atoms with Crippen molar-refractivity contribution >= 4 is 33.8 Å². The lowest BCUT2D eigenvalue weighted by molar-refractivity contribution is 0.601. The fraction of sp³-hybridized carbons (Fsp3) is 0.0769. The van der Waals surface area contributed by atoms with E-state index >= 15 is 0 Å². The van der Waals surface area contributed by atoms with E-state index in [9.17, 15) is 8.42 Å². The van der Waals surface area contributed by atoms with E-state index in [1.54, 1.807) is 30.3 Å². The summed E-state index contributed by atoms with van der Waals surface area (Å²) >= 11 is 0. The molecule has 0 amide bonds. The number of halogens is 1. The summed E-state index contributed by atoms with van der Waals surface area (Å²) in [5, 5.41) is 0. The molecule has 2 rings (SSSR count). The molecule has 2 aromatic rings. The number of nitrogen functional groups attached to an aromatic ring is 1. The number of para-hydroxylation sites is 1. The Morgan fingerprint density at radius 1 is 1.05 bits per heavy atom. The maximum absolute atomic E-state index is 12.1. The first kappa shape index (κ1) is 15.3. The molecular formula is C13H15ClN2O2S. The number of anilines is 2. The van der Waals surface area contributed by atoms with Crippen LogP contribution in [0.15, 0.2) is 53.4 Å². The van der Waals surface area contributed by atoms with Gasteiger partial charge < -0.3 is 5.73 Å². The summed E-state index contributed by atoms with van der Waals surface area (Å²) in [6.45, 7) is 1.83. The molecular weight excluding hydrogens is 284 g/mol. The number of hydrogen-bond acceptors (Lipinski definition) is 3. The van der Waals surface area contributed by atoms with Gasteiger partial charge in [-0.3, -0.25) is 4.72 Å². The van der Waals surface area contributed by atoms with Crippen LogP contribution in [0.25, 0.3) is 0 Å². The van der Waals surface area contributed by atoms with Crippen LogP contribution in [-0.4, -0.2) is 8.42 Å². The fourth-order valence-corrected chi connectivity index (χ4v) is 2.60. The van der Waals surface area contributed by atoms with Gasteiger partial charge >= 0.3 is 0 Å². The number of sulfonamides is 1. The molecule has 102 valence electrons. The van der Waals surface area contributed by atoms with Gasteiger partial charge in [0.25, 0.3) is 10.0 Å². The standard InChI is InChI=1S/C13H14N2O2S.ClH/c1-10-7-8-12(9-13(10)14)18(16,17)15-11-5-3-2-4-6-11;/h2-9,15H,14H2,1H3;1H. The van der Waals surface area contributed by atoms with Crippen LogP contribution in [0.1, 0.15) is 5.56 Å². The molecule has 0 unspecified atom stereocenters. The quantitative estimate of drug-likeness (QED) is 0.856. The van der Waals surface area contributed by atoms with E-state index in [2.05, 4.69) is 4.72 Å². The summed E-state index contributed by atoms with van der Waals surface area (Å²) in [6, 6.07) is 13.4. The third-order valence-corrected chi connectivity index (χ3v) is 3.97. The van der Waals surface area contributed by atoms with Crippen LogP contribution in [-0.2, 0) is 10.0 Å². The second kappa shape index (κ2) is 5.95. The minimum Gasteiger partial charge on any atom is -0.398 e. The van der Waals surface area contributed by atoms with Gasteiger partial charge in [-0.25, -0.2) is 8.42 Å². The van der Waals surface area contributed by atoms with Gasteiger partial charge in [0.2, 0.25) is 0 Å². The zero-order valence-corrected chi connectivity index (χ0v) is 12.0. The summed E-state index contributed by atoms with van der Waals surface area (Å²) in [6.07, 6.45) is 0. The van der Waals surface area contributed by atoms with E-state index in [-0.39, 0.29) is 17.3 Å². The zero-order valence-electron chi connectivity index (χ0n) is 10.3. The number of nitrogens with two attached hydrogens (primary N) is 1. The van der Waals surface area contributed by atoms with Gasteiger partial charge in [0, 0.05) is 11.4 Å². The van der Waals surface area contributed by atoms with E-state index < -0.39 is 10.0 Å². The van der Waals surface area contributed by atoms with E-state index in [0.29, 0.717) is 11.4 Å². The Bertz CT molecular complexity index is 658. The minimum atomic E-state index is -3.58. The fourth-order valence-electron chi connectivity index (χ4n) is 1.51. The molecule has 0 aromatic heterocycles. The van der Waals surface area contributed by atoms with Crippen LogP contribution >= 0.6 is 12.4 Å². The second-order valence-electron chi connectivity index (χ2n) is 3.99. The Hall–Kier alpha value is -1.72. The highest BCUT2D eigenvalue weighted by Crippen LogP contribution is 2.20. The van der Waals surface area contributed by atoms with E-state index in [4.69, 9.17) is 5.73 Å². The first-order valence-electron chi connectivity index (χ1n) is 5.43. The monoisotopic (exact) mass is 298 g/mol. The molecule has 0 radical (unpaired) electrons. The summed E-state index contributed by atoms with van der Waals surface area (Å²) in [5.74, 6) is 0. The summed E-state index contributed by atoms with van der Waals surface area (Å²) in [7, 11) is -3.58. The third-order valence-electron chi connectivity index (χ3n) is 2.59. The molecule has 0 aliphatic heterocycles. The molecule has 0 atom stereocenters. The molecule has 0 saturated heterocycles. The number of hydrogen-bond donors (Lipinski definition) is 2. The molecule has 0 spiro atoms. The largest absolute Gasteiger partial charge is 0.398 e. The first-order valence-corrected chi connectivity index (χ1v) is 6.91. The summed E-state index contributed by atoms with van der Waals surface area (Å²) in [5.41, 5.74) is 7.56. The lowest BCUT2D eigenvalue weighted by Gasteiger charge is -2.09. The van der Waals surface area contributed by atoms with E-state index in [1.165, 1.54) is 12.1 Å². The maximum atomic E-state index is 12.1. The number of aryl methyl sites for hydroxylation is 1. The normalized spacial score (nSPS) is 10.6. The van der Waals surface area contributed by atoms with Gasteiger partial charge in [0.15, 0.2) is 0 Å². The van der Waals surface area contributed by atoms with Crippen molar-refractivity contribution in [3.05, 3.63) is 54.1 Å². The van der Waals surface area contributed by atoms with Crippen molar-refractivity contribution < 1.29 is 8.42 Å². The zero-order chi connectivity index (χ0) is 13.2. The van der Waals surface area contributed by atoms with Crippen molar-refractivity contribution in [3.63, 3.8) is 0 Å². The molecule has 6 heteroatoms.